The highest BCUT2D eigenvalue weighted by molar-refractivity contribution is 8.00. The Labute approximate surface area is 148 Å². The van der Waals surface area contributed by atoms with E-state index in [1.807, 2.05) is 66.0 Å². The summed E-state index contributed by atoms with van der Waals surface area (Å²) in [6.45, 7) is 0. The lowest BCUT2D eigenvalue weighted by molar-refractivity contribution is -0.113. The van der Waals surface area contributed by atoms with Crippen molar-refractivity contribution in [3.63, 3.8) is 0 Å². The van der Waals surface area contributed by atoms with Crippen LogP contribution in [0.3, 0.4) is 0 Å². The van der Waals surface area contributed by atoms with Crippen molar-refractivity contribution in [2.24, 2.45) is 0 Å². The lowest BCUT2D eigenvalue weighted by Crippen LogP contribution is -2.14. The number of rotatable bonds is 5. The Morgan fingerprint density at radius 3 is 2.61 bits per heavy atom. The average Bonchev–Trinajstić information content (AvgIpc) is 3.09. The molecule has 2 nitrogen and oxygen atoms in total. The van der Waals surface area contributed by atoms with Crippen molar-refractivity contribution in [2.45, 2.75) is 4.90 Å². The van der Waals surface area contributed by atoms with Crippen LogP contribution < -0.4 is 5.32 Å². The first-order valence-electron chi connectivity index (χ1n) is 7.04. The van der Waals surface area contributed by atoms with E-state index in [4.69, 9.17) is 11.6 Å². The molecule has 0 unspecified atom stereocenters. The summed E-state index contributed by atoms with van der Waals surface area (Å²) in [5.74, 6) is 0.279. The maximum Gasteiger partial charge on any atom is 0.234 e. The highest BCUT2D eigenvalue weighted by Gasteiger charge is 2.10. The highest BCUT2D eigenvalue weighted by atomic mass is 35.5. The Hall–Kier alpha value is -1.75. The standard InChI is InChI=1S/C18H14ClNOS2/c19-14-7-2-4-9-17(14)23-12-18(21)20-15-8-3-1-6-13(15)16-10-5-11-22-16/h1-11H,12H2,(H,20,21). The summed E-state index contributed by atoms with van der Waals surface area (Å²) in [5, 5.41) is 5.69. The number of benzene rings is 2. The maximum atomic E-state index is 12.2. The quantitative estimate of drug-likeness (QED) is 0.583. The van der Waals surface area contributed by atoms with Crippen LogP contribution in [-0.4, -0.2) is 11.7 Å². The van der Waals surface area contributed by atoms with Gasteiger partial charge < -0.3 is 5.32 Å². The molecule has 1 N–H and O–H groups in total. The van der Waals surface area contributed by atoms with Crippen LogP contribution in [0.2, 0.25) is 5.02 Å². The minimum absolute atomic E-state index is 0.0427. The van der Waals surface area contributed by atoms with Gasteiger partial charge in [-0.25, -0.2) is 0 Å². The second-order valence-corrected chi connectivity index (χ2v) is 7.16. The van der Waals surface area contributed by atoms with E-state index in [0.717, 1.165) is 21.0 Å². The first-order chi connectivity index (χ1) is 11.2. The molecule has 0 saturated heterocycles. The predicted molar refractivity (Wildman–Crippen MR) is 101 cm³/mol. The minimum Gasteiger partial charge on any atom is -0.325 e. The third-order valence-electron chi connectivity index (χ3n) is 3.18. The van der Waals surface area contributed by atoms with E-state index in [0.29, 0.717) is 10.8 Å². The van der Waals surface area contributed by atoms with Gasteiger partial charge in [-0.3, -0.25) is 4.79 Å². The van der Waals surface area contributed by atoms with Crippen LogP contribution in [0.25, 0.3) is 10.4 Å². The van der Waals surface area contributed by atoms with Gasteiger partial charge in [0.1, 0.15) is 0 Å². The molecule has 3 rings (SSSR count). The molecule has 3 aromatic rings. The highest BCUT2D eigenvalue weighted by Crippen LogP contribution is 2.32. The number of amides is 1. The number of thiophene rings is 1. The SMILES string of the molecule is O=C(CSc1ccccc1Cl)Nc1ccccc1-c1cccs1. The second kappa shape index (κ2) is 7.68. The van der Waals surface area contributed by atoms with Gasteiger partial charge in [0, 0.05) is 21.0 Å². The van der Waals surface area contributed by atoms with Gasteiger partial charge >= 0.3 is 0 Å². The fourth-order valence-corrected chi connectivity index (χ4v) is 3.93. The number of carbonyl (C=O) groups is 1. The topological polar surface area (TPSA) is 29.1 Å². The molecule has 0 saturated carbocycles. The summed E-state index contributed by atoms with van der Waals surface area (Å²) < 4.78 is 0. The Kier molecular flexibility index (Phi) is 5.39. The van der Waals surface area contributed by atoms with Crippen molar-refractivity contribution in [1.82, 2.24) is 0 Å². The van der Waals surface area contributed by atoms with Gasteiger partial charge in [-0.2, -0.15) is 0 Å². The van der Waals surface area contributed by atoms with Crippen LogP contribution in [0.5, 0.6) is 0 Å². The fourth-order valence-electron chi connectivity index (χ4n) is 2.13. The lowest BCUT2D eigenvalue weighted by Gasteiger charge is -2.10. The maximum absolute atomic E-state index is 12.2. The first-order valence-corrected chi connectivity index (χ1v) is 9.28. The van der Waals surface area contributed by atoms with Crippen molar-refractivity contribution < 1.29 is 4.79 Å². The van der Waals surface area contributed by atoms with Crippen LogP contribution in [0.15, 0.2) is 70.9 Å². The number of para-hydroxylation sites is 1. The normalized spacial score (nSPS) is 10.5. The molecule has 0 aliphatic heterocycles. The smallest absolute Gasteiger partial charge is 0.234 e. The summed E-state index contributed by atoms with van der Waals surface area (Å²) in [7, 11) is 0. The van der Waals surface area contributed by atoms with Gasteiger partial charge in [0.25, 0.3) is 0 Å². The number of carbonyl (C=O) groups excluding carboxylic acids is 1. The van der Waals surface area contributed by atoms with E-state index in [1.165, 1.54) is 11.8 Å². The molecule has 0 aliphatic carbocycles. The van der Waals surface area contributed by atoms with E-state index in [-0.39, 0.29) is 5.91 Å². The molecule has 1 amide bonds. The first kappa shape index (κ1) is 16.1. The molecular weight excluding hydrogens is 346 g/mol. The number of thioether (sulfide) groups is 1. The molecule has 0 radical (unpaired) electrons. The summed E-state index contributed by atoms with van der Waals surface area (Å²) in [6, 6.07) is 19.4. The van der Waals surface area contributed by atoms with Crippen molar-refractivity contribution in [1.29, 1.82) is 0 Å². The zero-order valence-corrected chi connectivity index (χ0v) is 14.5. The van der Waals surface area contributed by atoms with Gasteiger partial charge in [0.2, 0.25) is 5.91 Å². The molecular formula is C18H14ClNOS2. The Bertz CT molecular complexity index is 802. The average molecular weight is 360 g/mol. The van der Waals surface area contributed by atoms with E-state index in [1.54, 1.807) is 11.3 Å². The monoisotopic (exact) mass is 359 g/mol. The number of nitrogens with one attached hydrogen (secondary N) is 1. The Balaban J connectivity index is 1.68. The number of anilines is 1. The van der Waals surface area contributed by atoms with Crippen LogP contribution in [0, 0.1) is 0 Å². The van der Waals surface area contributed by atoms with Crippen molar-refractivity contribution in [2.75, 3.05) is 11.1 Å². The molecule has 23 heavy (non-hydrogen) atoms. The van der Waals surface area contributed by atoms with Crippen molar-refractivity contribution in [3.8, 4) is 10.4 Å². The molecule has 116 valence electrons. The Morgan fingerprint density at radius 2 is 1.83 bits per heavy atom. The summed E-state index contributed by atoms with van der Waals surface area (Å²) >= 11 is 9.20. The zero-order valence-electron chi connectivity index (χ0n) is 12.2. The fraction of sp³-hybridized carbons (Fsp3) is 0.0556. The van der Waals surface area contributed by atoms with Gasteiger partial charge in [0.15, 0.2) is 0 Å². The summed E-state index contributed by atoms with van der Waals surface area (Å²) in [6.07, 6.45) is 0. The predicted octanol–water partition coefficient (Wildman–Crippen LogP) is 5.80. The molecule has 5 heteroatoms. The zero-order chi connectivity index (χ0) is 16.1. The third kappa shape index (κ3) is 4.16. The van der Waals surface area contributed by atoms with E-state index in [2.05, 4.69) is 5.32 Å². The molecule has 1 heterocycles. The van der Waals surface area contributed by atoms with E-state index >= 15 is 0 Å². The van der Waals surface area contributed by atoms with E-state index < -0.39 is 0 Å². The largest absolute Gasteiger partial charge is 0.325 e. The number of hydrogen-bond donors (Lipinski definition) is 1. The summed E-state index contributed by atoms with van der Waals surface area (Å²) in [5.41, 5.74) is 1.87. The van der Waals surface area contributed by atoms with Crippen molar-refractivity contribution >= 4 is 46.3 Å². The number of hydrogen-bond acceptors (Lipinski definition) is 3. The summed E-state index contributed by atoms with van der Waals surface area (Å²) in [4.78, 5) is 14.3. The van der Waals surface area contributed by atoms with E-state index in [9.17, 15) is 4.79 Å². The van der Waals surface area contributed by atoms with Gasteiger partial charge in [-0.1, -0.05) is 48.0 Å². The Morgan fingerprint density at radius 1 is 1.04 bits per heavy atom. The number of halogens is 1. The molecule has 1 aromatic heterocycles. The van der Waals surface area contributed by atoms with Gasteiger partial charge in [-0.15, -0.1) is 23.1 Å². The molecule has 0 fully saturated rings. The minimum atomic E-state index is -0.0427. The van der Waals surface area contributed by atoms with Crippen molar-refractivity contribution in [3.05, 3.63) is 71.1 Å². The van der Waals surface area contributed by atoms with Crippen LogP contribution in [-0.2, 0) is 4.79 Å². The third-order valence-corrected chi connectivity index (χ3v) is 5.60. The second-order valence-electron chi connectivity index (χ2n) is 4.79. The molecule has 0 bridgehead atoms. The van der Waals surface area contributed by atoms with Gasteiger partial charge in [-0.05, 0) is 29.6 Å². The molecule has 0 atom stereocenters. The molecule has 0 aliphatic rings. The van der Waals surface area contributed by atoms with Crippen LogP contribution in [0.1, 0.15) is 0 Å². The van der Waals surface area contributed by atoms with Crippen LogP contribution >= 0.6 is 34.7 Å². The van der Waals surface area contributed by atoms with Gasteiger partial charge in [0.05, 0.1) is 10.8 Å². The molecule has 0 spiro atoms. The lowest BCUT2D eigenvalue weighted by atomic mass is 10.1. The molecule has 2 aromatic carbocycles. The van der Waals surface area contributed by atoms with Crippen LogP contribution in [0.4, 0.5) is 5.69 Å².